The summed E-state index contributed by atoms with van der Waals surface area (Å²) in [7, 11) is 0. The Labute approximate surface area is 94.0 Å². The molecule has 6 nitrogen and oxygen atoms in total. The van der Waals surface area contributed by atoms with Crippen LogP contribution in [0, 0.1) is 5.92 Å². The molecule has 92 valence electrons. The molecular formula is C10H18N2O4. The van der Waals surface area contributed by atoms with Crippen LogP contribution in [0.25, 0.3) is 0 Å². The van der Waals surface area contributed by atoms with Gasteiger partial charge in [0.15, 0.2) is 0 Å². The average molecular weight is 230 g/mol. The third kappa shape index (κ3) is 3.79. The van der Waals surface area contributed by atoms with E-state index in [1.54, 1.807) is 0 Å². The summed E-state index contributed by atoms with van der Waals surface area (Å²) in [5, 5.41) is 23.1. The summed E-state index contributed by atoms with van der Waals surface area (Å²) >= 11 is 0. The molecule has 0 aliphatic carbocycles. The van der Waals surface area contributed by atoms with Crippen LogP contribution in [-0.4, -0.2) is 47.8 Å². The standard InChI is InChI=1S/C10H18N2O4/c13-6-3-8(10(15)16)12-9(14)7-1-4-11-5-2-7/h7-8,11,13H,1-6H2,(H,12,14)(H,15,16)/t8-/m0/s1. The predicted octanol–water partition coefficient (Wildman–Crippen LogP) is -1.06. The van der Waals surface area contributed by atoms with Crippen molar-refractivity contribution in [1.82, 2.24) is 10.6 Å². The fourth-order valence-corrected chi connectivity index (χ4v) is 1.76. The van der Waals surface area contributed by atoms with Crippen LogP contribution >= 0.6 is 0 Å². The molecule has 0 unspecified atom stereocenters. The van der Waals surface area contributed by atoms with Crippen molar-refractivity contribution in [3.8, 4) is 0 Å². The van der Waals surface area contributed by atoms with Crippen LogP contribution < -0.4 is 10.6 Å². The summed E-state index contributed by atoms with van der Waals surface area (Å²) in [4.78, 5) is 22.5. The number of hydrogen-bond acceptors (Lipinski definition) is 4. The van der Waals surface area contributed by atoms with Crippen LogP contribution in [0.1, 0.15) is 19.3 Å². The van der Waals surface area contributed by atoms with Crippen molar-refractivity contribution in [2.75, 3.05) is 19.7 Å². The Balaban J connectivity index is 2.43. The first kappa shape index (κ1) is 12.9. The lowest BCUT2D eigenvalue weighted by Crippen LogP contribution is -2.46. The van der Waals surface area contributed by atoms with Crippen molar-refractivity contribution in [2.45, 2.75) is 25.3 Å². The third-order valence-corrected chi connectivity index (χ3v) is 2.74. The Hall–Kier alpha value is -1.14. The lowest BCUT2D eigenvalue weighted by Gasteiger charge is -2.23. The second kappa shape index (κ2) is 6.44. The van der Waals surface area contributed by atoms with E-state index in [4.69, 9.17) is 10.2 Å². The van der Waals surface area contributed by atoms with Gasteiger partial charge < -0.3 is 20.8 Å². The molecule has 4 N–H and O–H groups in total. The minimum atomic E-state index is -1.10. The number of nitrogens with one attached hydrogen (secondary N) is 2. The van der Waals surface area contributed by atoms with Crippen LogP contribution in [0.3, 0.4) is 0 Å². The number of amides is 1. The van der Waals surface area contributed by atoms with E-state index < -0.39 is 12.0 Å². The normalized spacial score (nSPS) is 19.1. The Bertz CT molecular complexity index is 251. The Morgan fingerprint density at radius 3 is 2.50 bits per heavy atom. The van der Waals surface area contributed by atoms with Gasteiger partial charge in [0.25, 0.3) is 0 Å². The molecule has 1 fully saturated rings. The topological polar surface area (TPSA) is 98.7 Å². The van der Waals surface area contributed by atoms with E-state index in [0.717, 1.165) is 25.9 Å². The molecule has 1 heterocycles. The van der Waals surface area contributed by atoms with Gasteiger partial charge in [0.05, 0.1) is 0 Å². The lowest BCUT2D eigenvalue weighted by atomic mass is 9.97. The van der Waals surface area contributed by atoms with Gasteiger partial charge in [-0.1, -0.05) is 0 Å². The zero-order valence-electron chi connectivity index (χ0n) is 9.11. The Kier molecular flexibility index (Phi) is 5.21. The molecule has 0 aromatic rings. The number of carbonyl (C=O) groups is 2. The maximum atomic E-state index is 11.7. The Morgan fingerprint density at radius 1 is 1.38 bits per heavy atom. The van der Waals surface area contributed by atoms with Crippen molar-refractivity contribution in [3.05, 3.63) is 0 Å². The van der Waals surface area contributed by atoms with Gasteiger partial charge in [-0.15, -0.1) is 0 Å². The van der Waals surface area contributed by atoms with Gasteiger partial charge >= 0.3 is 5.97 Å². The highest BCUT2D eigenvalue weighted by atomic mass is 16.4. The highest BCUT2D eigenvalue weighted by molar-refractivity contribution is 5.85. The van der Waals surface area contributed by atoms with Gasteiger partial charge in [0.1, 0.15) is 6.04 Å². The average Bonchev–Trinajstić information content (AvgIpc) is 2.29. The monoisotopic (exact) mass is 230 g/mol. The fourth-order valence-electron chi connectivity index (χ4n) is 1.76. The van der Waals surface area contributed by atoms with Crippen LogP contribution in [0.15, 0.2) is 0 Å². The number of aliphatic hydroxyl groups is 1. The van der Waals surface area contributed by atoms with Crippen molar-refractivity contribution >= 4 is 11.9 Å². The van der Waals surface area contributed by atoms with Crippen LogP contribution in [-0.2, 0) is 9.59 Å². The lowest BCUT2D eigenvalue weighted by molar-refractivity contribution is -0.143. The molecule has 1 aliphatic heterocycles. The van der Waals surface area contributed by atoms with E-state index in [-0.39, 0.29) is 24.9 Å². The maximum absolute atomic E-state index is 11.7. The molecule has 1 atom stereocenters. The molecule has 0 aromatic heterocycles. The van der Waals surface area contributed by atoms with Gasteiger partial charge in [0.2, 0.25) is 5.91 Å². The molecule has 0 spiro atoms. The minimum Gasteiger partial charge on any atom is -0.480 e. The van der Waals surface area contributed by atoms with Crippen LogP contribution in [0.4, 0.5) is 0 Å². The summed E-state index contributed by atoms with van der Waals surface area (Å²) < 4.78 is 0. The SMILES string of the molecule is O=C(N[C@@H](CCO)C(=O)O)C1CCNCC1. The summed E-state index contributed by atoms with van der Waals surface area (Å²) in [6.07, 6.45) is 1.51. The summed E-state index contributed by atoms with van der Waals surface area (Å²) in [6, 6.07) is -0.979. The van der Waals surface area contributed by atoms with Gasteiger partial charge in [-0.2, -0.15) is 0 Å². The van der Waals surface area contributed by atoms with E-state index in [0.29, 0.717) is 0 Å². The molecular weight excluding hydrogens is 212 g/mol. The Morgan fingerprint density at radius 2 is 2.00 bits per heavy atom. The van der Waals surface area contributed by atoms with Gasteiger partial charge in [-0.3, -0.25) is 4.79 Å². The molecule has 16 heavy (non-hydrogen) atoms. The zero-order chi connectivity index (χ0) is 12.0. The van der Waals surface area contributed by atoms with Crippen LogP contribution in [0.2, 0.25) is 0 Å². The number of aliphatic carboxylic acids is 1. The molecule has 1 saturated heterocycles. The summed E-state index contributed by atoms with van der Waals surface area (Å²) in [5.74, 6) is -1.43. The van der Waals surface area contributed by atoms with E-state index in [1.165, 1.54) is 0 Å². The quantitative estimate of drug-likeness (QED) is 0.482. The van der Waals surface area contributed by atoms with E-state index in [2.05, 4.69) is 10.6 Å². The number of carboxylic acid groups (broad SMARTS) is 1. The molecule has 1 aliphatic rings. The number of piperidine rings is 1. The molecule has 0 bridgehead atoms. The first-order valence-corrected chi connectivity index (χ1v) is 5.50. The van der Waals surface area contributed by atoms with E-state index in [9.17, 15) is 9.59 Å². The number of carbonyl (C=O) groups excluding carboxylic acids is 1. The molecule has 0 saturated carbocycles. The van der Waals surface area contributed by atoms with Gasteiger partial charge in [-0.25, -0.2) is 4.79 Å². The summed E-state index contributed by atoms with van der Waals surface area (Å²) in [5.41, 5.74) is 0. The summed E-state index contributed by atoms with van der Waals surface area (Å²) in [6.45, 7) is 1.33. The van der Waals surface area contributed by atoms with Crippen molar-refractivity contribution < 1.29 is 19.8 Å². The number of rotatable bonds is 5. The van der Waals surface area contributed by atoms with Crippen molar-refractivity contribution in [2.24, 2.45) is 5.92 Å². The molecule has 6 heteroatoms. The fraction of sp³-hybridized carbons (Fsp3) is 0.800. The zero-order valence-corrected chi connectivity index (χ0v) is 9.11. The van der Waals surface area contributed by atoms with E-state index in [1.807, 2.05) is 0 Å². The molecule has 1 rings (SSSR count). The van der Waals surface area contributed by atoms with Gasteiger partial charge in [-0.05, 0) is 25.9 Å². The molecule has 0 radical (unpaired) electrons. The minimum absolute atomic E-state index is 0.0477. The first-order chi connectivity index (χ1) is 7.65. The second-order valence-electron chi connectivity index (χ2n) is 3.94. The highest BCUT2D eigenvalue weighted by Gasteiger charge is 2.25. The number of aliphatic hydroxyl groups excluding tert-OH is 1. The highest BCUT2D eigenvalue weighted by Crippen LogP contribution is 2.12. The van der Waals surface area contributed by atoms with Gasteiger partial charge in [0, 0.05) is 18.9 Å². The third-order valence-electron chi connectivity index (χ3n) is 2.74. The van der Waals surface area contributed by atoms with Crippen molar-refractivity contribution in [1.29, 1.82) is 0 Å². The van der Waals surface area contributed by atoms with E-state index >= 15 is 0 Å². The van der Waals surface area contributed by atoms with Crippen molar-refractivity contribution in [3.63, 3.8) is 0 Å². The predicted molar refractivity (Wildman–Crippen MR) is 56.9 cm³/mol. The molecule has 1 amide bonds. The number of carboxylic acids is 1. The maximum Gasteiger partial charge on any atom is 0.326 e. The number of hydrogen-bond donors (Lipinski definition) is 4. The first-order valence-electron chi connectivity index (χ1n) is 5.50. The smallest absolute Gasteiger partial charge is 0.326 e. The van der Waals surface area contributed by atoms with Crippen LogP contribution in [0.5, 0.6) is 0 Å². The molecule has 0 aromatic carbocycles. The largest absolute Gasteiger partial charge is 0.480 e. The second-order valence-corrected chi connectivity index (χ2v) is 3.94.